The molecule has 0 bridgehead atoms. The minimum atomic E-state index is -0.311. The summed E-state index contributed by atoms with van der Waals surface area (Å²) < 4.78 is 6.05. The SMILES string of the molecule is C[C@@H]1c2ccccc2C(=O)N1c1ccccc1OC(C)(C)C. The van der Waals surface area contributed by atoms with Crippen LogP contribution in [0.3, 0.4) is 0 Å². The molecule has 2 aromatic rings. The lowest BCUT2D eigenvalue weighted by atomic mass is 10.1. The van der Waals surface area contributed by atoms with Gasteiger partial charge in [-0.2, -0.15) is 0 Å². The highest BCUT2D eigenvalue weighted by Gasteiger charge is 2.36. The molecule has 1 aliphatic heterocycles. The lowest BCUT2D eigenvalue weighted by Gasteiger charge is -2.28. The maximum atomic E-state index is 12.8. The number of hydrogen-bond donors (Lipinski definition) is 0. The molecular formula is C19H21NO2. The number of anilines is 1. The summed E-state index contributed by atoms with van der Waals surface area (Å²) in [5.41, 5.74) is 2.36. The van der Waals surface area contributed by atoms with E-state index in [0.29, 0.717) is 0 Å². The van der Waals surface area contributed by atoms with Crippen molar-refractivity contribution in [1.82, 2.24) is 0 Å². The van der Waals surface area contributed by atoms with E-state index in [1.165, 1.54) is 0 Å². The van der Waals surface area contributed by atoms with Crippen molar-refractivity contribution in [2.24, 2.45) is 0 Å². The fourth-order valence-corrected chi connectivity index (χ4v) is 2.89. The molecule has 0 N–H and O–H groups in total. The first-order valence-electron chi connectivity index (χ1n) is 7.59. The number of carbonyl (C=O) groups excluding carboxylic acids is 1. The summed E-state index contributed by atoms with van der Waals surface area (Å²) in [5.74, 6) is 0.774. The zero-order valence-electron chi connectivity index (χ0n) is 13.5. The Bertz CT molecular complexity index is 715. The zero-order valence-corrected chi connectivity index (χ0v) is 13.5. The Morgan fingerprint density at radius 2 is 1.64 bits per heavy atom. The van der Waals surface area contributed by atoms with Crippen LogP contribution in [0.4, 0.5) is 5.69 Å². The second-order valence-electron chi connectivity index (χ2n) is 6.62. The van der Waals surface area contributed by atoms with Gasteiger partial charge in [-0.25, -0.2) is 0 Å². The minimum Gasteiger partial charge on any atom is -0.486 e. The van der Waals surface area contributed by atoms with Gasteiger partial charge in [-0.05, 0) is 51.5 Å². The highest BCUT2D eigenvalue weighted by atomic mass is 16.5. The molecule has 1 amide bonds. The van der Waals surface area contributed by atoms with E-state index in [-0.39, 0.29) is 17.6 Å². The van der Waals surface area contributed by atoms with Gasteiger partial charge in [0, 0.05) is 5.56 Å². The van der Waals surface area contributed by atoms with Gasteiger partial charge in [-0.3, -0.25) is 9.69 Å². The lowest BCUT2D eigenvalue weighted by Crippen LogP contribution is -2.29. The highest BCUT2D eigenvalue weighted by molar-refractivity contribution is 6.11. The summed E-state index contributed by atoms with van der Waals surface area (Å²) in [7, 11) is 0. The van der Waals surface area contributed by atoms with Crippen LogP contribution in [0.2, 0.25) is 0 Å². The second-order valence-corrected chi connectivity index (χ2v) is 6.62. The van der Waals surface area contributed by atoms with Crippen LogP contribution in [0.25, 0.3) is 0 Å². The van der Waals surface area contributed by atoms with Gasteiger partial charge in [-0.15, -0.1) is 0 Å². The van der Waals surface area contributed by atoms with Crippen molar-refractivity contribution in [2.75, 3.05) is 4.90 Å². The Hall–Kier alpha value is -2.29. The Labute approximate surface area is 131 Å². The number of ether oxygens (including phenoxy) is 1. The Balaban J connectivity index is 2.05. The first-order valence-corrected chi connectivity index (χ1v) is 7.59. The van der Waals surface area contributed by atoms with Crippen LogP contribution in [0.1, 0.15) is 49.7 Å². The molecule has 0 radical (unpaired) electrons. The molecule has 0 unspecified atom stereocenters. The first-order chi connectivity index (χ1) is 10.4. The van der Waals surface area contributed by atoms with E-state index >= 15 is 0 Å². The van der Waals surface area contributed by atoms with Crippen molar-refractivity contribution in [3.8, 4) is 5.75 Å². The number of rotatable bonds is 2. The Kier molecular flexibility index (Phi) is 3.44. The van der Waals surface area contributed by atoms with Crippen molar-refractivity contribution < 1.29 is 9.53 Å². The van der Waals surface area contributed by atoms with Crippen molar-refractivity contribution >= 4 is 11.6 Å². The fourth-order valence-electron chi connectivity index (χ4n) is 2.89. The van der Waals surface area contributed by atoms with Gasteiger partial charge in [0.05, 0.1) is 11.7 Å². The van der Waals surface area contributed by atoms with Gasteiger partial charge in [0.1, 0.15) is 11.4 Å². The summed E-state index contributed by atoms with van der Waals surface area (Å²) in [5, 5.41) is 0. The van der Waals surface area contributed by atoms with E-state index in [2.05, 4.69) is 6.92 Å². The maximum Gasteiger partial charge on any atom is 0.259 e. The third-order valence-electron chi connectivity index (χ3n) is 3.79. The smallest absolute Gasteiger partial charge is 0.259 e. The van der Waals surface area contributed by atoms with E-state index in [4.69, 9.17) is 4.74 Å². The van der Waals surface area contributed by atoms with Gasteiger partial charge in [0.25, 0.3) is 5.91 Å². The van der Waals surface area contributed by atoms with E-state index in [1.54, 1.807) is 0 Å². The predicted molar refractivity (Wildman–Crippen MR) is 88.5 cm³/mol. The molecule has 1 aliphatic rings. The molecule has 1 atom stereocenters. The van der Waals surface area contributed by atoms with E-state index in [1.807, 2.05) is 74.2 Å². The lowest BCUT2D eigenvalue weighted by molar-refractivity contribution is 0.0986. The normalized spacial score (nSPS) is 17.5. The number of hydrogen-bond acceptors (Lipinski definition) is 2. The summed E-state index contributed by atoms with van der Waals surface area (Å²) in [4.78, 5) is 14.6. The third-order valence-corrected chi connectivity index (χ3v) is 3.79. The summed E-state index contributed by atoms with van der Waals surface area (Å²) >= 11 is 0. The Morgan fingerprint density at radius 3 is 2.32 bits per heavy atom. The molecule has 0 fully saturated rings. The molecule has 1 heterocycles. The monoisotopic (exact) mass is 295 g/mol. The minimum absolute atomic E-state index is 0.00779. The zero-order chi connectivity index (χ0) is 15.9. The number of fused-ring (bicyclic) bond motifs is 1. The topological polar surface area (TPSA) is 29.5 Å². The van der Waals surface area contributed by atoms with E-state index < -0.39 is 0 Å². The fraction of sp³-hybridized carbons (Fsp3) is 0.316. The number of amides is 1. The van der Waals surface area contributed by atoms with Crippen molar-refractivity contribution in [3.05, 3.63) is 59.7 Å². The number of carbonyl (C=O) groups is 1. The number of nitrogens with zero attached hydrogens (tertiary/aromatic N) is 1. The molecule has 0 spiro atoms. The quantitative estimate of drug-likeness (QED) is 0.811. The van der Waals surface area contributed by atoms with Gasteiger partial charge in [0.15, 0.2) is 0 Å². The molecule has 3 nitrogen and oxygen atoms in total. The first kappa shape index (κ1) is 14.6. The largest absolute Gasteiger partial charge is 0.486 e. The van der Waals surface area contributed by atoms with E-state index in [0.717, 1.165) is 22.6 Å². The number of para-hydroxylation sites is 2. The van der Waals surface area contributed by atoms with E-state index in [9.17, 15) is 4.79 Å². The van der Waals surface area contributed by atoms with Crippen molar-refractivity contribution in [1.29, 1.82) is 0 Å². The van der Waals surface area contributed by atoms with Crippen LogP contribution in [0, 0.1) is 0 Å². The van der Waals surface area contributed by atoms with Crippen molar-refractivity contribution in [3.63, 3.8) is 0 Å². The summed E-state index contributed by atoms with van der Waals surface area (Å²) in [6.07, 6.45) is 0. The van der Waals surface area contributed by atoms with Gasteiger partial charge in [0.2, 0.25) is 0 Å². The standard InChI is InChI=1S/C19H21NO2/c1-13-14-9-5-6-10-15(14)18(21)20(13)16-11-7-8-12-17(16)22-19(2,3)4/h5-13H,1-4H3/t13-/m1/s1. The molecule has 3 heteroatoms. The maximum absolute atomic E-state index is 12.8. The summed E-state index contributed by atoms with van der Waals surface area (Å²) in [6, 6.07) is 15.5. The van der Waals surface area contributed by atoms with Crippen molar-refractivity contribution in [2.45, 2.75) is 39.3 Å². The highest BCUT2D eigenvalue weighted by Crippen LogP contribution is 2.41. The van der Waals surface area contributed by atoms with Crippen LogP contribution in [0.15, 0.2) is 48.5 Å². The average Bonchev–Trinajstić information content (AvgIpc) is 2.71. The molecule has 2 aromatic carbocycles. The predicted octanol–water partition coefficient (Wildman–Crippen LogP) is 4.59. The molecule has 0 aromatic heterocycles. The molecule has 0 saturated carbocycles. The van der Waals surface area contributed by atoms with Crippen LogP contribution < -0.4 is 9.64 Å². The molecule has 22 heavy (non-hydrogen) atoms. The molecule has 3 rings (SSSR count). The van der Waals surface area contributed by atoms with Crippen LogP contribution in [-0.4, -0.2) is 11.5 Å². The van der Waals surface area contributed by atoms with Crippen LogP contribution in [-0.2, 0) is 0 Å². The average molecular weight is 295 g/mol. The summed E-state index contributed by atoms with van der Waals surface area (Å²) in [6.45, 7) is 8.08. The van der Waals surface area contributed by atoms with Gasteiger partial charge in [-0.1, -0.05) is 30.3 Å². The molecule has 0 aliphatic carbocycles. The third kappa shape index (κ3) is 2.47. The van der Waals surface area contributed by atoms with Crippen LogP contribution in [0.5, 0.6) is 5.75 Å². The molecular weight excluding hydrogens is 274 g/mol. The van der Waals surface area contributed by atoms with Gasteiger partial charge >= 0.3 is 0 Å². The van der Waals surface area contributed by atoms with Gasteiger partial charge < -0.3 is 4.74 Å². The molecule has 114 valence electrons. The number of benzene rings is 2. The molecule has 0 saturated heterocycles. The van der Waals surface area contributed by atoms with Crippen LogP contribution >= 0.6 is 0 Å². The second kappa shape index (κ2) is 5.16. The Morgan fingerprint density at radius 1 is 1.00 bits per heavy atom.